The lowest BCUT2D eigenvalue weighted by molar-refractivity contribution is -0.139. The molecule has 0 aliphatic carbocycles. The monoisotopic (exact) mass is 548 g/mol. The summed E-state index contributed by atoms with van der Waals surface area (Å²) in [6.07, 6.45) is 1.06. The summed E-state index contributed by atoms with van der Waals surface area (Å²) in [5.74, 6) is -0.922. The number of carbonyl (C=O) groups excluding carboxylic acids is 2. The Labute approximate surface area is 226 Å². The average molecular weight is 549 g/mol. The van der Waals surface area contributed by atoms with Crippen LogP contribution in [0.1, 0.15) is 58.8 Å². The van der Waals surface area contributed by atoms with Crippen LogP contribution in [0, 0.1) is 0 Å². The van der Waals surface area contributed by atoms with E-state index in [0.29, 0.717) is 5.56 Å². The summed E-state index contributed by atoms with van der Waals surface area (Å²) in [4.78, 5) is 26.1. The van der Waals surface area contributed by atoms with Gasteiger partial charge >= 0.3 is 5.97 Å². The number of rotatable bonds is 17. The molecule has 208 valence electrons. The van der Waals surface area contributed by atoms with Crippen molar-refractivity contribution in [3.8, 4) is 0 Å². The first-order chi connectivity index (χ1) is 17.8. The lowest BCUT2D eigenvalue weighted by Crippen LogP contribution is -2.51. The Kier molecular flexibility index (Phi) is 12.7. The van der Waals surface area contributed by atoms with Crippen LogP contribution in [0.4, 0.5) is 0 Å². The normalized spacial score (nSPS) is 17.7. The molecule has 0 radical (unpaired) electrons. The number of amides is 1. The van der Waals surface area contributed by atoms with Gasteiger partial charge in [-0.05, 0) is 61.4 Å². The Balaban J connectivity index is 2.56. The first-order valence-corrected chi connectivity index (χ1v) is 19.2. The molecule has 2 rings (SSSR count). The highest BCUT2D eigenvalue weighted by molar-refractivity contribution is 6.74. The van der Waals surface area contributed by atoms with Crippen LogP contribution in [0.5, 0.6) is 0 Å². The van der Waals surface area contributed by atoms with Crippen molar-refractivity contribution in [1.29, 1.82) is 0 Å². The van der Waals surface area contributed by atoms with Crippen molar-refractivity contribution in [2.45, 2.75) is 103 Å². The van der Waals surface area contributed by atoms with E-state index in [2.05, 4.69) is 52.2 Å². The minimum Gasteiger partial charge on any atom is -0.461 e. The van der Waals surface area contributed by atoms with Crippen LogP contribution >= 0.6 is 0 Å². The van der Waals surface area contributed by atoms with Crippen molar-refractivity contribution in [3.05, 3.63) is 47.7 Å². The summed E-state index contributed by atoms with van der Waals surface area (Å²) >= 11 is 0. The molecule has 1 fully saturated rings. The van der Waals surface area contributed by atoms with Crippen LogP contribution in [0.25, 0.3) is 0 Å². The van der Waals surface area contributed by atoms with Gasteiger partial charge in [0.25, 0.3) is 5.91 Å². The maximum atomic E-state index is 13.1. The molecular weight excluding hydrogens is 500 g/mol. The molecule has 1 aromatic rings. The lowest BCUT2D eigenvalue weighted by Gasteiger charge is -2.40. The average Bonchev–Trinajstić information content (AvgIpc) is 3.78. The minimum absolute atomic E-state index is 0.109. The van der Waals surface area contributed by atoms with Crippen LogP contribution in [0.3, 0.4) is 0 Å². The van der Waals surface area contributed by atoms with Gasteiger partial charge in [0.05, 0.1) is 18.8 Å². The van der Waals surface area contributed by atoms with E-state index in [1.165, 1.54) is 0 Å². The van der Waals surface area contributed by atoms with Crippen LogP contribution in [0.2, 0.25) is 36.3 Å². The van der Waals surface area contributed by atoms with E-state index in [1.807, 2.05) is 6.07 Å². The second-order valence-electron chi connectivity index (χ2n) is 9.79. The third kappa shape index (κ3) is 8.61. The van der Waals surface area contributed by atoms with Crippen LogP contribution < -0.4 is 10.6 Å². The molecule has 37 heavy (non-hydrogen) atoms. The minimum atomic E-state index is -2.09. The molecule has 3 atom stereocenters. The van der Waals surface area contributed by atoms with Crippen LogP contribution in [-0.2, 0) is 18.4 Å². The zero-order chi connectivity index (χ0) is 27.5. The van der Waals surface area contributed by atoms with Crippen molar-refractivity contribution >= 4 is 28.5 Å². The van der Waals surface area contributed by atoms with E-state index in [-0.39, 0.29) is 30.4 Å². The van der Waals surface area contributed by atoms with E-state index >= 15 is 0 Å². The van der Waals surface area contributed by atoms with Crippen molar-refractivity contribution < 1.29 is 23.2 Å². The Bertz CT molecular complexity index is 867. The van der Waals surface area contributed by atoms with Crippen molar-refractivity contribution in [3.63, 3.8) is 0 Å². The third-order valence-electron chi connectivity index (χ3n) is 7.91. The number of ether oxygens (including phenoxy) is 1. The van der Waals surface area contributed by atoms with Gasteiger partial charge in [0.15, 0.2) is 16.6 Å². The fourth-order valence-corrected chi connectivity index (χ4v) is 10.4. The molecule has 0 unspecified atom stereocenters. The molecule has 0 saturated carbocycles. The Morgan fingerprint density at radius 3 is 1.89 bits per heavy atom. The molecule has 1 heterocycles. The van der Waals surface area contributed by atoms with Crippen LogP contribution in [0.15, 0.2) is 42.1 Å². The van der Waals surface area contributed by atoms with E-state index < -0.39 is 28.7 Å². The summed E-state index contributed by atoms with van der Waals surface area (Å²) in [6, 6.07) is 15.0. The van der Waals surface area contributed by atoms with Crippen molar-refractivity contribution in [2.24, 2.45) is 0 Å². The molecule has 0 spiro atoms. The molecular formula is C28H48N2O5Si2. The second kappa shape index (κ2) is 15.0. The third-order valence-corrected chi connectivity index (χ3v) is 17.2. The van der Waals surface area contributed by atoms with Crippen LogP contribution in [-0.4, -0.2) is 59.9 Å². The summed E-state index contributed by atoms with van der Waals surface area (Å²) in [7, 11) is -4.08. The van der Waals surface area contributed by atoms with E-state index in [9.17, 15) is 9.59 Å². The van der Waals surface area contributed by atoms with Gasteiger partial charge in [0, 0.05) is 18.2 Å². The number of nitrogens with one attached hydrogen (secondary N) is 2. The maximum Gasteiger partial charge on any atom is 0.354 e. The zero-order valence-electron chi connectivity index (χ0n) is 23.9. The fourth-order valence-electron chi connectivity index (χ4n) is 4.77. The van der Waals surface area contributed by atoms with E-state index in [0.717, 1.165) is 42.8 Å². The molecule has 9 heteroatoms. The predicted molar refractivity (Wildman–Crippen MR) is 155 cm³/mol. The van der Waals surface area contributed by atoms with Gasteiger partial charge in [-0.1, -0.05) is 59.7 Å². The fraction of sp³-hybridized carbons (Fsp3) is 0.643. The number of carbonyl (C=O) groups is 2. The highest BCUT2D eigenvalue weighted by atomic mass is 28.4. The summed E-state index contributed by atoms with van der Waals surface area (Å²) in [6.45, 7) is 16.1. The molecule has 2 N–H and O–H groups in total. The molecule has 0 aromatic heterocycles. The van der Waals surface area contributed by atoms with Gasteiger partial charge in [0.1, 0.15) is 5.70 Å². The summed E-state index contributed by atoms with van der Waals surface area (Å²) < 4.78 is 19.4. The Morgan fingerprint density at radius 1 is 0.919 bits per heavy atom. The predicted octanol–water partition coefficient (Wildman–Crippen LogP) is 5.62. The number of esters is 1. The summed E-state index contributed by atoms with van der Waals surface area (Å²) in [5.41, 5.74) is 0.582. The first-order valence-electron chi connectivity index (χ1n) is 14.1. The Morgan fingerprint density at radius 2 is 1.43 bits per heavy atom. The first kappa shape index (κ1) is 31.4. The second-order valence-corrected chi connectivity index (χ2v) is 19.2. The molecule has 1 amide bonds. The molecule has 7 nitrogen and oxygen atoms in total. The molecule has 1 aliphatic heterocycles. The van der Waals surface area contributed by atoms with Gasteiger partial charge < -0.3 is 24.2 Å². The summed E-state index contributed by atoms with van der Waals surface area (Å²) in [5, 5.41) is 6.27. The van der Waals surface area contributed by atoms with E-state index in [4.69, 9.17) is 13.6 Å². The standard InChI is InChI=1S/C28H48N2O5Si2/c1-8-33-28(32)23(30-27(31)22-18-16-15-17-19-22)20-25(34-36(9-2,10-3)11-4)26(24-21-29-24)35-37(12-5,13-6)14-7/h15-20,24-26,29H,8-14,21H2,1-7H3,(H,30,31)/b23-20-/t24-,25+,26+/m0/s1. The number of hydrogen-bond acceptors (Lipinski definition) is 6. The molecule has 0 bridgehead atoms. The van der Waals surface area contributed by atoms with Gasteiger partial charge in [-0.2, -0.15) is 0 Å². The maximum absolute atomic E-state index is 13.1. The van der Waals surface area contributed by atoms with Gasteiger partial charge in [-0.3, -0.25) is 4.79 Å². The largest absolute Gasteiger partial charge is 0.461 e. The lowest BCUT2D eigenvalue weighted by atomic mass is 10.1. The topological polar surface area (TPSA) is 95.8 Å². The highest BCUT2D eigenvalue weighted by Gasteiger charge is 2.45. The van der Waals surface area contributed by atoms with Gasteiger partial charge in [-0.15, -0.1) is 0 Å². The number of benzene rings is 1. The quantitative estimate of drug-likeness (QED) is 0.114. The van der Waals surface area contributed by atoms with Crippen molar-refractivity contribution in [2.75, 3.05) is 13.2 Å². The molecule has 1 saturated heterocycles. The van der Waals surface area contributed by atoms with Crippen molar-refractivity contribution in [1.82, 2.24) is 10.6 Å². The number of hydrogen-bond donors (Lipinski definition) is 2. The van der Waals surface area contributed by atoms with Gasteiger partial charge in [-0.25, -0.2) is 4.79 Å². The smallest absolute Gasteiger partial charge is 0.354 e. The molecule has 1 aromatic carbocycles. The SMILES string of the molecule is CCOC(=O)/C(=C/[C@@H](O[Si](CC)(CC)CC)[C@H](O[Si](CC)(CC)CC)[C@@H]1CN1)NC(=O)c1ccccc1. The highest BCUT2D eigenvalue weighted by Crippen LogP contribution is 2.32. The molecule has 1 aliphatic rings. The van der Waals surface area contributed by atoms with E-state index in [1.54, 1.807) is 37.3 Å². The Hall–Kier alpha value is -1.79. The van der Waals surface area contributed by atoms with Gasteiger partial charge in [0.2, 0.25) is 0 Å². The zero-order valence-corrected chi connectivity index (χ0v) is 25.9.